The first-order chi connectivity index (χ1) is 7.75. The SMILES string of the molecule is Cc1c(C2CCNC2)[nH]c2cc(F)ccc12. The van der Waals surface area contributed by atoms with Crippen molar-refractivity contribution in [2.24, 2.45) is 0 Å². The molecule has 0 radical (unpaired) electrons. The lowest BCUT2D eigenvalue weighted by atomic mass is 10.0. The van der Waals surface area contributed by atoms with Crippen molar-refractivity contribution >= 4 is 10.9 Å². The van der Waals surface area contributed by atoms with Gasteiger partial charge in [-0.05, 0) is 43.7 Å². The van der Waals surface area contributed by atoms with Gasteiger partial charge in [-0.3, -0.25) is 0 Å². The van der Waals surface area contributed by atoms with Crippen molar-refractivity contribution in [2.45, 2.75) is 19.3 Å². The molecule has 0 saturated carbocycles. The zero-order chi connectivity index (χ0) is 11.1. The smallest absolute Gasteiger partial charge is 0.125 e. The molecule has 1 aromatic heterocycles. The monoisotopic (exact) mass is 218 g/mol. The second-order valence-corrected chi connectivity index (χ2v) is 4.54. The second-order valence-electron chi connectivity index (χ2n) is 4.54. The minimum Gasteiger partial charge on any atom is -0.358 e. The first-order valence-corrected chi connectivity index (χ1v) is 5.74. The number of hydrogen-bond donors (Lipinski definition) is 2. The molecular formula is C13H15FN2. The van der Waals surface area contributed by atoms with Gasteiger partial charge in [0.1, 0.15) is 5.82 Å². The number of fused-ring (bicyclic) bond motifs is 1. The molecule has 0 spiro atoms. The summed E-state index contributed by atoms with van der Waals surface area (Å²) in [5.74, 6) is 0.375. The summed E-state index contributed by atoms with van der Waals surface area (Å²) in [6.07, 6.45) is 1.16. The van der Waals surface area contributed by atoms with Crippen LogP contribution < -0.4 is 5.32 Å². The molecule has 2 N–H and O–H groups in total. The molecule has 84 valence electrons. The molecule has 1 saturated heterocycles. The summed E-state index contributed by atoms with van der Waals surface area (Å²) in [5, 5.41) is 4.50. The van der Waals surface area contributed by atoms with Crippen molar-refractivity contribution in [2.75, 3.05) is 13.1 Å². The Morgan fingerprint density at radius 1 is 1.38 bits per heavy atom. The topological polar surface area (TPSA) is 27.8 Å². The first kappa shape index (κ1) is 9.85. The molecule has 1 unspecified atom stereocenters. The van der Waals surface area contributed by atoms with Crippen LogP contribution in [0.5, 0.6) is 0 Å². The van der Waals surface area contributed by atoms with E-state index in [0.29, 0.717) is 5.92 Å². The molecule has 3 rings (SSSR count). The molecule has 2 aromatic rings. The molecule has 1 fully saturated rings. The number of aryl methyl sites for hydroxylation is 1. The average molecular weight is 218 g/mol. The van der Waals surface area contributed by atoms with Gasteiger partial charge in [0.15, 0.2) is 0 Å². The van der Waals surface area contributed by atoms with Crippen LogP contribution in [0.4, 0.5) is 4.39 Å². The van der Waals surface area contributed by atoms with E-state index >= 15 is 0 Å². The Kier molecular flexibility index (Phi) is 2.21. The van der Waals surface area contributed by atoms with Gasteiger partial charge in [-0.2, -0.15) is 0 Å². The van der Waals surface area contributed by atoms with Gasteiger partial charge >= 0.3 is 0 Å². The highest BCUT2D eigenvalue weighted by Crippen LogP contribution is 2.30. The lowest BCUT2D eigenvalue weighted by molar-refractivity contribution is 0.629. The van der Waals surface area contributed by atoms with E-state index in [1.807, 2.05) is 6.07 Å². The van der Waals surface area contributed by atoms with Crippen molar-refractivity contribution in [3.05, 3.63) is 35.3 Å². The number of aromatic amines is 1. The van der Waals surface area contributed by atoms with Crippen LogP contribution in [0.15, 0.2) is 18.2 Å². The van der Waals surface area contributed by atoms with Crippen molar-refractivity contribution in [3.63, 3.8) is 0 Å². The summed E-state index contributed by atoms with van der Waals surface area (Å²) in [6.45, 7) is 4.22. The fourth-order valence-corrected chi connectivity index (χ4v) is 2.64. The number of benzene rings is 1. The molecular weight excluding hydrogens is 203 g/mol. The Balaban J connectivity index is 2.14. The molecule has 16 heavy (non-hydrogen) atoms. The van der Waals surface area contributed by atoms with E-state index in [1.54, 1.807) is 6.07 Å². The third kappa shape index (κ3) is 1.43. The Bertz CT molecular complexity index is 524. The van der Waals surface area contributed by atoms with Crippen LogP contribution in [0.1, 0.15) is 23.6 Å². The Labute approximate surface area is 93.9 Å². The molecule has 1 atom stereocenters. The van der Waals surface area contributed by atoms with Crippen LogP contribution in [0.25, 0.3) is 10.9 Å². The Hall–Kier alpha value is -1.35. The van der Waals surface area contributed by atoms with Gasteiger partial charge in [-0.25, -0.2) is 4.39 Å². The van der Waals surface area contributed by atoms with Crippen LogP contribution in [-0.2, 0) is 0 Å². The molecule has 0 amide bonds. The largest absolute Gasteiger partial charge is 0.358 e. The minimum atomic E-state index is -0.176. The van der Waals surface area contributed by atoms with Crippen molar-refractivity contribution in [3.8, 4) is 0 Å². The van der Waals surface area contributed by atoms with Crippen molar-refractivity contribution in [1.29, 1.82) is 0 Å². The zero-order valence-electron chi connectivity index (χ0n) is 9.31. The quantitative estimate of drug-likeness (QED) is 0.756. The van der Waals surface area contributed by atoms with Crippen LogP contribution in [0.3, 0.4) is 0 Å². The highest BCUT2D eigenvalue weighted by Gasteiger charge is 2.21. The maximum atomic E-state index is 13.1. The molecule has 0 aliphatic carbocycles. The van der Waals surface area contributed by atoms with Gasteiger partial charge in [0, 0.05) is 29.1 Å². The predicted molar refractivity (Wildman–Crippen MR) is 63.2 cm³/mol. The lowest BCUT2D eigenvalue weighted by Crippen LogP contribution is -2.08. The van der Waals surface area contributed by atoms with Crippen LogP contribution in [-0.4, -0.2) is 18.1 Å². The fourth-order valence-electron chi connectivity index (χ4n) is 2.64. The molecule has 2 heterocycles. The molecule has 0 bridgehead atoms. The summed E-state index contributed by atoms with van der Waals surface area (Å²) >= 11 is 0. The molecule has 1 aromatic carbocycles. The number of aromatic nitrogens is 1. The van der Waals surface area contributed by atoms with Crippen LogP contribution >= 0.6 is 0 Å². The van der Waals surface area contributed by atoms with Gasteiger partial charge in [0.05, 0.1) is 0 Å². The third-order valence-corrected chi connectivity index (χ3v) is 3.53. The molecule has 1 aliphatic rings. The van der Waals surface area contributed by atoms with E-state index in [0.717, 1.165) is 30.4 Å². The van der Waals surface area contributed by atoms with Gasteiger partial charge < -0.3 is 10.3 Å². The summed E-state index contributed by atoms with van der Waals surface area (Å²) in [7, 11) is 0. The fraction of sp³-hybridized carbons (Fsp3) is 0.385. The van der Waals surface area contributed by atoms with E-state index in [4.69, 9.17) is 0 Å². The van der Waals surface area contributed by atoms with E-state index < -0.39 is 0 Å². The van der Waals surface area contributed by atoms with Crippen molar-refractivity contribution < 1.29 is 4.39 Å². The molecule has 2 nitrogen and oxygen atoms in total. The average Bonchev–Trinajstić information content (AvgIpc) is 2.86. The standard InChI is InChI=1S/C13H15FN2/c1-8-11-3-2-10(14)6-12(11)16-13(8)9-4-5-15-7-9/h2-3,6,9,15-16H,4-5,7H2,1H3. The number of hydrogen-bond acceptors (Lipinski definition) is 1. The summed E-state index contributed by atoms with van der Waals surface area (Å²) in [4.78, 5) is 3.37. The predicted octanol–water partition coefficient (Wildman–Crippen LogP) is 2.69. The van der Waals surface area contributed by atoms with Crippen LogP contribution in [0, 0.1) is 12.7 Å². The minimum absolute atomic E-state index is 0.176. The molecule has 3 heteroatoms. The highest BCUT2D eigenvalue weighted by atomic mass is 19.1. The summed E-state index contributed by atoms with van der Waals surface area (Å²) in [6, 6.07) is 4.97. The first-order valence-electron chi connectivity index (χ1n) is 5.74. The van der Waals surface area contributed by atoms with E-state index in [-0.39, 0.29) is 5.82 Å². The van der Waals surface area contributed by atoms with E-state index in [2.05, 4.69) is 17.2 Å². The number of rotatable bonds is 1. The number of nitrogens with one attached hydrogen (secondary N) is 2. The summed E-state index contributed by atoms with van der Waals surface area (Å²) < 4.78 is 13.1. The molecule has 1 aliphatic heterocycles. The second kappa shape index (κ2) is 3.59. The number of H-pyrrole nitrogens is 1. The van der Waals surface area contributed by atoms with Gasteiger partial charge in [-0.1, -0.05) is 0 Å². The third-order valence-electron chi connectivity index (χ3n) is 3.53. The van der Waals surface area contributed by atoms with E-state index in [9.17, 15) is 4.39 Å². The van der Waals surface area contributed by atoms with Gasteiger partial charge in [-0.15, -0.1) is 0 Å². The zero-order valence-corrected chi connectivity index (χ0v) is 9.31. The summed E-state index contributed by atoms with van der Waals surface area (Å²) in [5.41, 5.74) is 3.45. The maximum Gasteiger partial charge on any atom is 0.125 e. The Morgan fingerprint density at radius 2 is 2.25 bits per heavy atom. The van der Waals surface area contributed by atoms with Crippen LogP contribution in [0.2, 0.25) is 0 Å². The van der Waals surface area contributed by atoms with Crippen molar-refractivity contribution in [1.82, 2.24) is 10.3 Å². The Morgan fingerprint density at radius 3 is 3.00 bits per heavy atom. The maximum absolute atomic E-state index is 13.1. The van der Waals surface area contributed by atoms with Gasteiger partial charge in [0.25, 0.3) is 0 Å². The lowest BCUT2D eigenvalue weighted by Gasteiger charge is -2.06. The van der Waals surface area contributed by atoms with Gasteiger partial charge in [0.2, 0.25) is 0 Å². The van der Waals surface area contributed by atoms with E-state index in [1.165, 1.54) is 17.3 Å². The number of halogens is 1. The normalized spacial score (nSPS) is 20.8. The highest BCUT2D eigenvalue weighted by molar-refractivity contribution is 5.84.